The molecular weight excluding hydrogens is 422 g/mol. The van der Waals surface area contributed by atoms with E-state index in [0.29, 0.717) is 36.2 Å². The number of nitrogens with one attached hydrogen (secondary N) is 3. The molecule has 0 fully saturated rings. The Morgan fingerprint density at radius 3 is 1.97 bits per heavy atom. The Kier molecular flexibility index (Phi) is 5.90. The number of H-pyrrole nitrogens is 1. The highest BCUT2D eigenvalue weighted by Crippen LogP contribution is 2.46. The number of nitrogens with zero attached hydrogens (tertiary/aromatic N) is 1. The number of aryl methyl sites for hydroxylation is 2. The first-order valence-electron chi connectivity index (χ1n) is 10.8. The minimum Gasteiger partial charge on any atom is -0.355 e. The van der Waals surface area contributed by atoms with Gasteiger partial charge < -0.3 is 20.9 Å². The normalized spacial score (nSPS) is 15.0. The molecule has 0 unspecified atom stereocenters. The molecule has 0 aliphatic heterocycles. The first-order valence-corrected chi connectivity index (χ1v) is 10.8. The molecule has 3 aromatic rings. The second kappa shape index (κ2) is 8.67. The molecule has 0 bridgehead atoms. The van der Waals surface area contributed by atoms with Gasteiger partial charge in [0.25, 0.3) is 11.8 Å². The summed E-state index contributed by atoms with van der Waals surface area (Å²) in [6.07, 6.45) is 1.69. The summed E-state index contributed by atoms with van der Waals surface area (Å²) in [6.45, 7) is 1.89. The van der Waals surface area contributed by atoms with Crippen molar-refractivity contribution in [3.8, 4) is 0 Å². The molecule has 4 rings (SSSR count). The number of hydrogen-bond acceptors (Lipinski definition) is 6. The third-order valence-corrected chi connectivity index (χ3v) is 6.24. The maximum atomic E-state index is 12.3. The van der Waals surface area contributed by atoms with Gasteiger partial charge in [0.05, 0.1) is 5.41 Å². The number of amides is 2. The van der Waals surface area contributed by atoms with E-state index in [2.05, 4.69) is 20.8 Å². The molecular formula is C24H27N5O4. The molecule has 9 nitrogen and oxygen atoms in total. The zero-order valence-corrected chi connectivity index (χ0v) is 18.8. The molecule has 172 valence electrons. The molecule has 0 spiro atoms. The Hall–Kier alpha value is -3.72. The van der Waals surface area contributed by atoms with E-state index in [1.165, 1.54) is 0 Å². The molecule has 0 saturated heterocycles. The van der Waals surface area contributed by atoms with Crippen molar-refractivity contribution in [2.24, 2.45) is 5.73 Å². The quantitative estimate of drug-likeness (QED) is 0.462. The van der Waals surface area contributed by atoms with Crippen molar-refractivity contribution in [2.45, 2.75) is 37.6 Å². The summed E-state index contributed by atoms with van der Waals surface area (Å²) in [5.41, 5.74) is 10.2. The molecule has 1 heterocycles. The van der Waals surface area contributed by atoms with Crippen molar-refractivity contribution in [3.63, 3.8) is 0 Å². The van der Waals surface area contributed by atoms with Crippen molar-refractivity contribution in [1.82, 2.24) is 20.8 Å². The fourth-order valence-electron chi connectivity index (χ4n) is 4.89. The maximum Gasteiger partial charge on any atom is 0.459 e. The van der Waals surface area contributed by atoms with Crippen LogP contribution in [-0.2, 0) is 18.3 Å². The SMILES string of the molecule is CNC(=O)c1ccc2c(c1)CCc1cc(C(=O)NC)ccc1C2(C[C@H](C)N)c1nc(=O)o[nH]1. The van der Waals surface area contributed by atoms with Crippen LogP contribution in [0.15, 0.2) is 45.7 Å². The highest BCUT2D eigenvalue weighted by Gasteiger charge is 2.45. The molecule has 2 aromatic carbocycles. The summed E-state index contributed by atoms with van der Waals surface area (Å²) in [5.74, 6) is -0.761. The van der Waals surface area contributed by atoms with Crippen LogP contribution in [0.1, 0.15) is 62.1 Å². The van der Waals surface area contributed by atoms with Crippen LogP contribution >= 0.6 is 0 Å². The molecule has 0 saturated carbocycles. The topological polar surface area (TPSA) is 143 Å². The number of hydrogen-bond donors (Lipinski definition) is 4. The molecule has 1 atom stereocenters. The highest BCUT2D eigenvalue weighted by molar-refractivity contribution is 5.95. The van der Waals surface area contributed by atoms with Gasteiger partial charge in [-0.3, -0.25) is 9.59 Å². The van der Waals surface area contributed by atoms with Crippen LogP contribution in [0, 0.1) is 0 Å². The number of carbonyl (C=O) groups is 2. The van der Waals surface area contributed by atoms with Crippen LogP contribution in [0.25, 0.3) is 0 Å². The number of rotatable bonds is 5. The predicted molar refractivity (Wildman–Crippen MR) is 122 cm³/mol. The number of nitrogens with two attached hydrogens (primary N) is 1. The number of carbonyl (C=O) groups excluding carboxylic acids is 2. The van der Waals surface area contributed by atoms with E-state index in [0.717, 1.165) is 22.3 Å². The third-order valence-electron chi connectivity index (χ3n) is 6.24. The summed E-state index contributed by atoms with van der Waals surface area (Å²) in [6, 6.07) is 10.8. The predicted octanol–water partition coefficient (Wildman–Crippen LogP) is 1.25. The molecule has 9 heteroatoms. The van der Waals surface area contributed by atoms with Gasteiger partial charge in [0.15, 0.2) is 5.82 Å². The Morgan fingerprint density at radius 1 is 1.06 bits per heavy atom. The van der Waals surface area contributed by atoms with Gasteiger partial charge in [0.2, 0.25) is 0 Å². The summed E-state index contributed by atoms with van der Waals surface area (Å²) >= 11 is 0. The summed E-state index contributed by atoms with van der Waals surface area (Å²) < 4.78 is 4.99. The van der Waals surface area contributed by atoms with Crippen LogP contribution in [-0.4, -0.2) is 42.1 Å². The molecule has 5 N–H and O–H groups in total. The van der Waals surface area contributed by atoms with E-state index in [9.17, 15) is 14.4 Å². The smallest absolute Gasteiger partial charge is 0.355 e. The third kappa shape index (κ3) is 3.84. The second-order valence-corrected chi connectivity index (χ2v) is 8.42. The molecule has 0 radical (unpaired) electrons. The Labute approximate surface area is 190 Å². The first-order chi connectivity index (χ1) is 15.8. The number of aromatic nitrogens is 2. The lowest BCUT2D eigenvalue weighted by Crippen LogP contribution is -2.38. The fourth-order valence-corrected chi connectivity index (χ4v) is 4.89. The average molecular weight is 450 g/mol. The molecule has 2 amide bonds. The van der Waals surface area contributed by atoms with Crippen molar-refractivity contribution < 1.29 is 14.1 Å². The molecule has 1 aromatic heterocycles. The lowest BCUT2D eigenvalue weighted by Gasteiger charge is -2.35. The van der Waals surface area contributed by atoms with Crippen molar-refractivity contribution in [3.05, 3.63) is 86.2 Å². The highest BCUT2D eigenvalue weighted by atomic mass is 16.5. The van der Waals surface area contributed by atoms with Gasteiger partial charge in [-0.05, 0) is 72.7 Å². The molecule has 1 aliphatic carbocycles. The minimum absolute atomic E-state index is 0.186. The van der Waals surface area contributed by atoms with Crippen molar-refractivity contribution in [1.29, 1.82) is 0 Å². The number of fused-ring (bicyclic) bond motifs is 2. The van der Waals surface area contributed by atoms with Crippen LogP contribution in [0.4, 0.5) is 0 Å². The van der Waals surface area contributed by atoms with Crippen molar-refractivity contribution >= 4 is 11.8 Å². The lowest BCUT2D eigenvalue weighted by molar-refractivity contribution is 0.0955. The monoisotopic (exact) mass is 449 g/mol. The second-order valence-electron chi connectivity index (χ2n) is 8.42. The lowest BCUT2D eigenvalue weighted by atomic mass is 9.68. The molecule has 1 aliphatic rings. The van der Waals surface area contributed by atoms with Gasteiger partial charge in [0, 0.05) is 31.3 Å². The Bertz CT molecular complexity index is 1210. The Morgan fingerprint density at radius 2 is 1.58 bits per heavy atom. The van der Waals surface area contributed by atoms with Crippen molar-refractivity contribution in [2.75, 3.05) is 14.1 Å². The van der Waals surface area contributed by atoms with E-state index >= 15 is 0 Å². The van der Waals surface area contributed by atoms with E-state index in [1.54, 1.807) is 26.2 Å². The van der Waals surface area contributed by atoms with Gasteiger partial charge in [0.1, 0.15) is 0 Å². The van der Waals surface area contributed by atoms with E-state index < -0.39 is 11.2 Å². The maximum absolute atomic E-state index is 12.3. The van der Waals surface area contributed by atoms with Crippen LogP contribution in [0.3, 0.4) is 0 Å². The zero-order valence-electron chi connectivity index (χ0n) is 18.8. The first kappa shape index (κ1) is 22.5. The fraction of sp³-hybridized carbons (Fsp3) is 0.333. The summed E-state index contributed by atoms with van der Waals surface area (Å²) in [4.78, 5) is 40.8. The van der Waals surface area contributed by atoms with E-state index in [-0.39, 0.29) is 17.9 Å². The number of aromatic amines is 1. The largest absolute Gasteiger partial charge is 0.459 e. The van der Waals surface area contributed by atoms with E-state index in [1.807, 2.05) is 31.2 Å². The van der Waals surface area contributed by atoms with Gasteiger partial charge in [-0.2, -0.15) is 4.98 Å². The van der Waals surface area contributed by atoms with Crippen LogP contribution in [0.2, 0.25) is 0 Å². The standard InChI is InChI=1S/C24H27N5O4/c1-13(25)12-24(22-28-23(32)33-29-22)18-8-6-16(20(30)26-2)10-14(18)4-5-15-11-17(21(31)27-3)7-9-19(15)24/h6-11,13H,4-5,12,25H2,1-3H3,(H,26,30)(H,27,31)(H,28,29,32)/t13-/m0/s1. The Balaban J connectivity index is 2.05. The van der Waals surface area contributed by atoms with Crippen LogP contribution < -0.4 is 22.1 Å². The van der Waals surface area contributed by atoms with Gasteiger partial charge in [-0.15, -0.1) is 0 Å². The van der Waals surface area contributed by atoms with Crippen LogP contribution in [0.5, 0.6) is 0 Å². The summed E-state index contributed by atoms with van der Waals surface area (Å²) in [7, 11) is 3.18. The average Bonchev–Trinajstić information content (AvgIpc) is 3.21. The summed E-state index contributed by atoms with van der Waals surface area (Å²) in [5, 5.41) is 8.03. The zero-order chi connectivity index (χ0) is 23.8. The van der Waals surface area contributed by atoms with E-state index in [4.69, 9.17) is 10.3 Å². The molecule has 33 heavy (non-hydrogen) atoms. The van der Waals surface area contributed by atoms with Gasteiger partial charge in [-0.25, -0.2) is 9.95 Å². The minimum atomic E-state index is -0.927. The van der Waals surface area contributed by atoms with Gasteiger partial charge >= 0.3 is 5.76 Å². The number of benzene rings is 2. The van der Waals surface area contributed by atoms with Gasteiger partial charge in [-0.1, -0.05) is 12.1 Å².